The Labute approximate surface area is 166 Å². The van der Waals surface area contributed by atoms with E-state index in [-0.39, 0.29) is 30.2 Å². The van der Waals surface area contributed by atoms with E-state index in [1.165, 1.54) is 7.11 Å². The SMILES string of the molecule is C=CCNC(=O)C(NC(=O)c1cccc(C)c1)C1CCN(C(=O)COC)CC1. The summed E-state index contributed by atoms with van der Waals surface area (Å²) in [6.45, 7) is 6.99. The summed E-state index contributed by atoms with van der Waals surface area (Å²) in [5.41, 5.74) is 1.50. The Morgan fingerprint density at radius 3 is 2.64 bits per heavy atom. The number of piperidine rings is 1. The third-order valence-electron chi connectivity index (χ3n) is 4.90. The molecule has 0 saturated carbocycles. The second kappa shape index (κ2) is 10.6. The van der Waals surface area contributed by atoms with Gasteiger partial charge in [0.15, 0.2) is 0 Å². The van der Waals surface area contributed by atoms with Gasteiger partial charge in [-0.2, -0.15) is 0 Å². The van der Waals surface area contributed by atoms with E-state index in [2.05, 4.69) is 17.2 Å². The van der Waals surface area contributed by atoms with Crippen molar-refractivity contribution in [3.63, 3.8) is 0 Å². The molecule has 1 atom stereocenters. The van der Waals surface area contributed by atoms with Crippen LogP contribution in [0.15, 0.2) is 36.9 Å². The van der Waals surface area contributed by atoms with Crippen LogP contribution in [-0.4, -0.2) is 62.0 Å². The first kappa shape index (κ1) is 21.6. The largest absolute Gasteiger partial charge is 0.375 e. The summed E-state index contributed by atoms with van der Waals surface area (Å²) in [7, 11) is 1.49. The van der Waals surface area contributed by atoms with Gasteiger partial charge in [0.1, 0.15) is 12.6 Å². The number of methoxy groups -OCH3 is 1. The van der Waals surface area contributed by atoms with Gasteiger partial charge < -0.3 is 20.3 Å². The van der Waals surface area contributed by atoms with Crippen molar-refractivity contribution in [1.82, 2.24) is 15.5 Å². The van der Waals surface area contributed by atoms with E-state index in [9.17, 15) is 14.4 Å². The van der Waals surface area contributed by atoms with E-state index >= 15 is 0 Å². The van der Waals surface area contributed by atoms with Crippen LogP contribution in [-0.2, 0) is 14.3 Å². The molecule has 1 unspecified atom stereocenters. The number of amides is 3. The maximum absolute atomic E-state index is 12.7. The average molecular weight is 387 g/mol. The second-order valence-electron chi connectivity index (χ2n) is 7.01. The van der Waals surface area contributed by atoms with Crippen molar-refractivity contribution in [3.05, 3.63) is 48.0 Å². The van der Waals surface area contributed by atoms with Crippen molar-refractivity contribution in [2.75, 3.05) is 33.4 Å². The minimum atomic E-state index is -0.660. The molecule has 7 nitrogen and oxygen atoms in total. The number of hydrogen-bond acceptors (Lipinski definition) is 4. The topological polar surface area (TPSA) is 87.7 Å². The van der Waals surface area contributed by atoms with Crippen molar-refractivity contribution in [3.8, 4) is 0 Å². The molecule has 1 saturated heterocycles. The number of nitrogens with one attached hydrogen (secondary N) is 2. The van der Waals surface area contributed by atoms with E-state index in [1.54, 1.807) is 23.1 Å². The Balaban J connectivity index is 2.07. The molecule has 1 aliphatic rings. The van der Waals surface area contributed by atoms with Crippen LogP contribution in [0.1, 0.15) is 28.8 Å². The average Bonchev–Trinajstić information content (AvgIpc) is 2.70. The molecule has 0 bridgehead atoms. The number of likely N-dealkylation sites (tertiary alicyclic amines) is 1. The summed E-state index contributed by atoms with van der Waals surface area (Å²) in [4.78, 5) is 39.1. The predicted octanol–water partition coefficient (Wildman–Crippen LogP) is 1.28. The van der Waals surface area contributed by atoms with Gasteiger partial charge in [0.2, 0.25) is 11.8 Å². The zero-order valence-corrected chi connectivity index (χ0v) is 16.6. The molecule has 1 heterocycles. The van der Waals surface area contributed by atoms with Crippen LogP contribution in [0.5, 0.6) is 0 Å². The lowest BCUT2D eigenvalue weighted by atomic mass is 9.88. The van der Waals surface area contributed by atoms with E-state index in [0.29, 0.717) is 38.0 Å². The fourth-order valence-electron chi connectivity index (χ4n) is 3.39. The lowest BCUT2D eigenvalue weighted by Crippen LogP contribution is -2.54. The van der Waals surface area contributed by atoms with Crippen molar-refractivity contribution in [2.24, 2.45) is 5.92 Å². The maximum Gasteiger partial charge on any atom is 0.251 e. The molecule has 1 fully saturated rings. The molecule has 0 spiro atoms. The first-order valence-electron chi connectivity index (χ1n) is 9.49. The summed E-state index contributed by atoms with van der Waals surface area (Å²) in [6, 6.07) is 6.59. The molecule has 2 rings (SSSR count). The smallest absolute Gasteiger partial charge is 0.251 e. The molecule has 3 amide bonds. The molecule has 1 aliphatic heterocycles. The zero-order valence-electron chi connectivity index (χ0n) is 16.6. The first-order valence-corrected chi connectivity index (χ1v) is 9.49. The van der Waals surface area contributed by atoms with Crippen LogP contribution < -0.4 is 10.6 Å². The minimum Gasteiger partial charge on any atom is -0.375 e. The van der Waals surface area contributed by atoms with Crippen LogP contribution in [0.3, 0.4) is 0 Å². The summed E-state index contributed by atoms with van der Waals surface area (Å²) in [5, 5.41) is 5.67. The van der Waals surface area contributed by atoms with Crippen molar-refractivity contribution >= 4 is 17.7 Å². The van der Waals surface area contributed by atoms with Crippen molar-refractivity contribution < 1.29 is 19.1 Å². The highest BCUT2D eigenvalue weighted by molar-refractivity contribution is 5.97. The van der Waals surface area contributed by atoms with Gasteiger partial charge >= 0.3 is 0 Å². The van der Waals surface area contributed by atoms with Gasteiger partial charge in [-0.1, -0.05) is 23.8 Å². The van der Waals surface area contributed by atoms with Crippen molar-refractivity contribution in [1.29, 1.82) is 0 Å². The molecule has 28 heavy (non-hydrogen) atoms. The fourth-order valence-corrected chi connectivity index (χ4v) is 3.39. The highest BCUT2D eigenvalue weighted by Gasteiger charge is 2.33. The van der Waals surface area contributed by atoms with Crippen molar-refractivity contribution in [2.45, 2.75) is 25.8 Å². The van der Waals surface area contributed by atoms with Crippen LogP contribution >= 0.6 is 0 Å². The predicted molar refractivity (Wildman–Crippen MR) is 107 cm³/mol. The molecular formula is C21H29N3O4. The van der Waals surface area contributed by atoms with E-state index < -0.39 is 6.04 Å². The Morgan fingerprint density at radius 2 is 2.04 bits per heavy atom. The quantitative estimate of drug-likeness (QED) is 0.658. The lowest BCUT2D eigenvalue weighted by molar-refractivity contribution is -0.136. The Bertz CT molecular complexity index is 711. The Morgan fingerprint density at radius 1 is 1.32 bits per heavy atom. The third-order valence-corrected chi connectivity index (χ3v) is 4.90. The Kier molecular flexibility index (Phi) is 8.19. The van der Waals surface area contributed by atoms with Crippen LogP contribution in [0.25, 0.3) is 0 Å². The molecule has 2 N–H and O–H groups in total. The normalized spacial score (nSPS) is 15.6. The highest BCUT2D eigenvalue weighted by Crippen LogP contribution is 2.22. The molecule has 1 aromatic rings. The number of carbonyl (C=O) groups excluding carboxylic acids is 3. The zero-order chi connectivity index (χ0) is 20.5. The third kappa shape index (κ3) is 5.92. The number of hydrogen-bond donors (Lipinski definition) is 2. The van der Waals surface area contributed by atoms with Gasteiger partial charge in [0.25, 0.3) is 5.91 Å². The number of benzene rings is 1. The fraction of sp³-hybridized carbons (Fsp3) is 0.476. The number of aryl methyl sites for hydroxylation is 1. The molecule has 7 heteroatoms. The van der Waals surface area contributed by atoms with Gasteiger partial charge in [-0.15, -0.1) is 6.58 Å². The summed E-state index contributed by atoms with van der Waals surface area (Å²) in [5.74, 6) is -0.620. The summed E-state index contributed by atoms with van der Waals surface area (Å²) < 4.78 is 4.90. The van der Waals surface area contributed by atoms with Gasteiger partial charge in [0, 0.05) is 32.3 Å². The highest BCUT2D eigenvalue weighted by atomic mass is 16.5. The van der Waals surface area contributed by atoms with E-state index in [0.717, 1.165) is 5.56 Å². The first-order chi connectivity index (χ1) is 13.5. The minimum absolute atomic E-state index is 0.0508. The second-order valence-corrected chi connectivity index (χ2v) is 7.01. The monoisotopic (exact) mass is 387 g/mol. The number of rotatable bonds is 8. The molecule has 1 aromatic carbocycles. The Hall–Kier alpha value is -2.67. The van der Waals surface area contributed by atoms with E-state index in [4.69, 9.17) is 4.74 Å². The maximum atomic E-state index is 12.7. The number of carbonyl (C=O) groups is 3. The van der Waals surface area contributed by atoms with Crippen LogP contribution in [0.4, 0.5) is 0 Å². The van der Waals surface area contributed by atoms with Crippen LogP contribution in [0, 0.1) is 12.8 Å². The molecule has 0 radical (unpaired) electrons. The van der Waals surface area contributed by atoms with E-state index in [1.807, 2.05) is 19.1 Å². The van der Waals surface area contributed by atoms with Gasteiger partial charge in [-0.3, -0.25) is 14.4 Å². The van der Waals surface area contributed by atoms with Gasteiger partial charge in [-0.05, 0) is 37.8 Å². The number of ether oxygens (including phenoxy) is 1. The lowest BCUT2D eigenvalue weighted by Gasteiger charge is -2.35. The number of nitrogens with zero attached hydrogens (tertiary/aromatic N) is 1. The summed E-state index contributed by atoms with van der Waals surface area (Å²) in [6.07, 6.45) is 2.87. The standard InChI is InChI=1S/C21H29N3O4/c1-4-10-22-21(27)19(23-20(26)17-7-5-6-15(2)13-17)16-8-11-24(12-9-16)18(25)14-28-3/h4-7,13,16,19H,1,8-12,14H2,2-3H3,(H,22,27)(H,23,26). The molecule has 0 aliphatic carbocycles. The summed E-state index contributed by atoms with van der Waals surface area (Å²) >= 11 is 0. The molecule has 152 valence electrons. The van der Waals surface area contributed by atoms with Gasteiger partial charge in [-0.25, -0.2) is 0 Å². The van der Waals surface area contributed by atoms with Crippen LogP contribution in [0.2, 0.25) is 0 Å². The molecule has 0 aromatic heterocycles. The van der Waals surface area contributed by atoms with Gasteiger partial charge in [0.05, 0.1) is 0 Å². The molecular weight excluding hydrogens is 358 g/mol.